The lowest BCUT2D eigenvalue weighted by molar-refractivity contribution is -0.147. The maximum atomic E-state index is 13.3. The molecule has 0 saturated carbocycles. The van der Waals surface area contributed by atoms with Crippen molar-refractivity contribution in [2.45, 2.75) is 26.2 Å². The van der Waals surface area contributed by atoms with Crippen molar-refractivity contribution in [2.24, 2.45) is 5.41 Å². The minimum atomic E-state index is -0.678. The van der Waals surface area contributed by atoms with E-state index in [1.807, 2.05) is 24.3 Å². The van der Waals surface area contributed by atoms with Crippen LogP contribution in [0.5, 0.6) is 0 Å². The van der Waals surface area contributed by atoms with Crippen LogP contribution in [0.2, 0.25) is 0 Å². The summed E-state index contributed by atoms with van der Waals surface area (Å²) in [6, 6.07) is 18.4. The largest absolute Gasteiger partial charge is 0.348 e. The van der Waals surface area contributed by atoms with Crippen LogP contribution in [-0.4, -0.2) is 61.3 Å². The first-order chi connectivity index (χ1) is 14.8. The van der Waals surface area contributed by atoms with E-state index < -0.39 is 5.41 Å². The van der Waals surface area contributed by atoms with Crippen molar-refractivity contribution in [3.63, 3.8) is 0 Å². The molecule has 0 spiro atoms. The third kappa shape index (κ3) is 5.51. The van der Waals surface area contributed by atoms with Crippen molar-refractivity contribution in [3.05, 3.63) is 60.2 Å². The van der Waals surface area contributed by atoms with Gasteiger partial charge in [-0.3, -0.25) is 14.4 Å². The van der Waals surface area contributed by atoms with Gasteiger partial charge in [-0.05, 0) is 36.0 Å². The Morgan fingerprint density at radius 1 is 1.03 bits per heavy atom. The van der Waals surface area contributed by atoms with Crippen molar-refractivity contribution in [3.8, 4) is 11.1 Å². The molecule has 0 unspecified atom stereocenters. The third-order valence-corrected chi connectivity index (χ3v) is 5.85. The number of hydrogen-bond acceptors (Lipinski definition) is 3. The highest BCUT2D eigenvalue weighted by molar-refractivity contribution is 5.86. The molecule has 1 atom stereocenters. The number of rotatable bonds is 6. The van der Waals surface area contributed by atoms with Crippen LogP contribution in [0, 0.1) is 5.41 Å². The van der Waals surface area contributed by atoms with E-state index in [4.69, 9.17) is 0 Å². The van der Waals surface area contributed by atoms with E-state index in [0.717, 1.165) is 29.5 Å². The summed E-state index contributed by atoms with van der Waals surface area (Å²) in [5.41, 5.74) is 2.64. The normalized spacial score (nSPS) is 18.4. The van der Waals surface area contributed by atoms with Crippen LogP contribution in [0.25, 0.3) is 11.1 Å². The second-order valence-corrected chi connectivity index (χ2v) is 8.55. The average Bonchev–Trinajstić information content (AvgIpc) is 2.77. The molecule has 0 radical (unpaired) electrons. The first-order valence-corrected chi connectivity index (χ1v) is 10.7. The quantitative estimate of drug-likeness (QED) is 0.780. The van der Waals surface area contributed by atoms with Gasteiger partial charge in [0.2, 0.25) is 17.7 Å². The lowest BCUT2D eigenvalue weighted by atomic mass is 9.73. The second kappa shape index (κ2) is 9.77. The van der Waals surface area contributed by atoms with Gasteiger partial charge in [0.1, 0.15) is 0 Å². The predicted octanol–water partition coefficient (Wildman–Crippen LogP) is 2.73. The minimum absolute atomic E-state index is 0.0366. The van der Waals surface area contributed by atoms with Gasteiger partial charge >= 0.3 is 0 Å². The molecule has 31 heavy (non-hydrogen) atoms. The second-order valence-electron chi connectivity index (χ2n) is 8.55. The Balaban J connectivity index is 1.87. The molecule has 1 heterocycles. The smallest absolute Gasteiger partial charge is 0.241 e. The summed E-state index contributed by atoms with van der Waals surface area (Å²) in [5.74, 6) is -0.350. The number of carbonyl (C=O) groups excluding carboxylic acids is 3. The molecule has 1 N–H and O–H groups in total. The van der Waals surface area contributed by atoms with Gasteiger partial charge < -0.3 is 15.1 Å². The molecule has 2 aromatic rings. The van der Waals surface area contributed by atoms with Gasteiger partial charge in [0.25, 0.3) is 0 Å². The molecule has 2 aromatic carbocycles. The van der Waals surface area contributed by atoms with Gasteiger partial charge in [0, 0.05) is 34.1 Å². The van der Waals surface area contributed by atoms with Gasteiger partial charge in [-0.1, -0.05) is 54.6 Å². The van der Waals surface area contributed by atoms with Crippen molar-refractivity contribution in [1.29, 1.82) is 0 Å². The Morgan fingerprint density at radius 2 is 1.74 bits per heavy atom. The monoisotopic (exact) mass is 421 g/mol. The molecule has 1 fully saturated rings. The molecule has 6 nitrogen and oxygen atoms in total. The molecule has 1 saturated heterocycles. The molecule has 1 aliphatic heterocycles. The Hall–Kier alpha value is -3.15. The van der Waals surface area contributed by atoms with Crippen molar-refractivity contribution >= 4 is 17.7 Å². The van der Waals surface area contributed by atoms with Crippen molar-refractivity contribution < 1.29 is 14.4 Å². The fourth-order valence-electron chi connectivity index (χ4n) is 4.41. The molecule has 6 heteroatoms. The number of piperidine rings is 1. The highest BCUT2D eigenvalue weighted by atomic mass is 16.2. The van der Waals surface area contributed by atoms with E-state index in [9.17, 15) is 14.4 Å². The Kier molecular flexibility index (Phi) is 7.10. The van der Waals surface area contributed by atoms with Crippen LogP contribution >= 0.6 is 0 Å². The van der Waals surface area contributed by atoms with E-state index in [1.54, 1.807) is 23.9 Å². The van der Waals surface area contributed by atoms with Gasteiger partial charge in [-0.2, -0.15) is 0 Å². The van der Waals surface area contributed by atoms with Crippen LogP contribution in [0.15, 0.2) is 54.6 Å². The van der Waals surface area contributed by atoms with E-state index in [-0.39, 0.29) is 24.3 Å². The first kappa shape index (κ1) is 22.5. The predicted molar refractivity (Wildman–Crippen MR) is 121 cm³/mol. The summed E-state index contributed by atoms with van der Waals surface area (Å²) < 4.78 is 0. The van der Waals surface area contributed by atoms with E-state index in [0.29, 0.717) is 19.5 Å². The minimum Gasteiger partial charge on any atom is -0.348 e. The molecular formula is C25H31N3O3. The molecule has 0 aromatic heterocycles. The lowest BCUT2D eigenvalue weighted by Gasteiger charge is -2.43. The number of nitrogens with zero attached hydrogens (tertiary/aromatic N) is 2. The van der Waals surface area contributed by atoms with E-state index >= 15 is 0 Å². The molecule has 164 valence electrons. The average molecular weight is 422 g/mol. The van der Waals surface area contributed by atoms with Gasteiger partial charge in [-0.15, -0.1) is 0 Å². The van der Waals surface area contributed by atoms with E-state index in [2.05, 4.69) is 35.6 Å². The number of likely N-dealkylation sites (tertiary alicyclic amines) is 1. The summed E-state index contributed by atoms with van der Waals surface area (Å²) in [6.07, 6.45) is 2.04. The summed E-state index contributed by atoms with van der Waals surface area (Å²) in [4.78, 5) is 40.5. The topological polar surface area (TPSA) is 69.7 Å². The van der Waals surface area contributed by atoms with Crippen molar-refractivity contribution in [1.82, 2.24) is 15.1 Å². The number of carbonyl (C=O) groups is 3. The summed E-state index contributed by atoms with van der Waals surface area (Å²) >= 11 is 0. The molecule has 0 bridgehead atoms. The summed E-state index contributed by atoms with van der Waals surface area (Å²) in [6.45, 7) is 2.32. The molecular weight excluding hydrogens is 390 g/mol. The van der Waals surface area contributed by atoms with Crippen LogP contribution < -0.4 is 5.32 Å². The lowest BCUT2D eigenvalue weighted by Crippen LogP contribution is -2.55. The molecule has 0 aliphatic carbocycles. The van der Waals surface area contributed by atoms with Crippen LogP contribution in [0.3, 0.4) is 0 Å². The number of benzene rings is 2. The summed E-state index contributed by atoms with van der Waals surface area (Å²) in [5, 5.41) is 2.57. The SMILES string of the molecule is CC(=O)NCC(=O)N1CCC[C@@](Cc2cccc(-c3ccccc3)c2)(C(=O)N(C)C)C1. The summed E-state index contributed by atoms with van der Waals surface area (Å²) in [7, 11) is 3.53. The fraction of sp³-hybridized carbons (Fsp3) is 0.400. The number of nitrogens with one attached hydrogen (secondary N) is 1. The maximum absolute atomic E-state index is 13.3. The van der Waals surface area contributed by atoms with Gasteiger partial charge in [-0.25, -0.2) is 0 Å². The Bertz CT molecular complexity index is 942. The van der Waals surface area contributed by atoms with Gasteiger partial charge in [0.15, 0.2) is 0 Å². The number of hydrogen-bond donors (Lipinski definition) is 1. The molecule has 1 aliphatic rings. The fourth-order valence-corrected chi connectivity index (χ4v) is 4.41. The van der Waals surface area contributed by atoms with Crippen LogP contribution in [0.1, 0.15) is 25.3 Å². The number of amides is 3. The van der Waals surface area contributed by atoms with E-state index in [1.165, 1.54) is 6.92 Å². The maximum Gasteiger partial charge on any atom is 0.241 e. The Morgan fingerprint density at radius 3 is 2.42 bits per heavy atom. The molecule has 3 amide bonds. The zero-order valence-corrected chi connectivity index (χ0v) is 18.6. The highest BCUT2D eigenvalue weighted by Crippen LogP contribution is 2.36. The molecule has 3 rings (SSSR count). The zero-order chi connectivity index (χ0) is 22.4. The highest BCUT2D eigenvalue weighted by Gasteiger charge is 2.44. The zero-order valence-electron chi connectivity index (χ0n) is 18.6. The standard InChI is InChI=1S/C25H31N3O3/c1-19(29)26-17-23(30)28-14-8-13-25(18-28,24(31)27(2)3)16-20-9-7-12-22(15-20)21-10-5-4-6-11-21/h4-7,9-12,15H,8,13-14,16-18H2,1-3H3,(H,26,29)/t25-/m0/s1. The third-order valence-electron chi connectivity index (χ3n) is 5.85. The van der Waals surface area contributed by atoms with Crippen LogP contribution in [-0.2, 0) is 20.8 Å². The van der Waals surface area contributed by atoms with Crippen LogP contribution in [0.4, 0.5) is 0 Å². The van der Waals surface area contributed by atoms with Gasteiger partial charge in [0.05, 0.1) is 12.0 Å². The Labute approximate surface area is 184 Å². The van der Waals surface area contributed by atoms with Crippen molar-refractivity contribution in [2.75, 3.05) is 33.7 Å². The first-order valence-electron chi connectivity index (χ1n) is 10.7.